The van der Waals surface area contributed by atoms with Gasteiger partial charge in [-0.1, -0.05) is 84.9 Å². The minimum Gasteiger partial charge on any atom is -0.388 e. The van der Waals surface area contributed by atoms with Crippen LogP contribution in [0.3, 0.4) is 0 Å². The highest BCUT2D eigenvalue weighted by Gasteiger charge is 2.41. The smallest absolute Gasteiger partial charge is 0.0870 e. The Morgan fingerprint density at radius 1 is 0.545 bits per heavy atom. The van der Waals surface area contributed by atoms with Gasteiger partial charge >= 0.3 is 0 Å². The Balaban J connectivity index is 1.90. The molecule has 22 heavy (non-hydrogen) atoms. The normalized spacial score (nSPS) is 23.2. The van der Waals surface area contributed by atoms with Crippen LogP contribution < -0.4 is 0 Å². The topological polar surface area (TPSA) is 20.2 Å². The zero-order valence-corrected chi connectivity index (χ0v) is 12.3. The molecule has 3 aromatic carbocycles. The Bertz CT molecular complexity index is 764. The number of fused-ring (bicyclic) bond motifs is 1. The van der Waals surface area contributed by atoms with E-state index in [2.05, 4.69) is 54.6 Å². The van der Waals surface area contributed by atoms with Crippen molar-refractivity contribution < 1.29 is 5.11 Å². The van der Waals surface area contributed by atoms with Crippen LogP contribution in [0, 0.1) is 0 Å². The lowest BCUT2D eigenvalue weighted by Gasteiger charge is -2.24. The predicted octanol–water partition coefficient (Wildman–Crippen LogP) is 4.65. The van der Waals surface area contributed by atoms with Crippen molar-refractivity contribution in [3.8, 4) is 0 Å². The Morgan fingerprint density at radius 3 is 1.68 bits per heavy atom. The Hall–Kier alpha value is -2.38. The molecule has 0 aliphatic heterocycles. The van der Waals surface area contributed by atoms with Gasteiger partial charge in [0.05, 0.1) is 6.10 Å². The van der Waals surface area contributed by atoms with Crippen LogP contribution in [0.5, 0.6) is 0 Å². The summed E-state index contributed by atoms with van der Waals surface area (Å²) in [5.74, 6) is 0.274. The van der Waals surface area contributed by atoms with Crippen molar-refractivity contribution in [2.75, 3.05) is 0 Å². The highest BCUT2D eigenvalue weighted by Crippen LogP contribution is 2.53. The van der Waals surface area contributed by atoms with Crippen molar-refractivity contribution in [3.05, 3.63) is 107 Å². The fourth-order valence-corrected chi connectivity index (χ4v) is 3.73. The number of benzene rings is 3. The number of aliphatic hydroxyl groups is 1. The molecular weight excluding hydrogens is 268 g/mol. The molecule has 3 aromatic rings. The van der Waals surface area contributed by atoms with Crippen molar-refractivity contribution in [2.45, 2.75) is 17.9 Å². The molecule has 0 spiro atoms. The first-order chi connectivity index (χ1) is 10.9. The summed E-state index contributed by atoms with van der Waals surface area (Å²) >= 11 is 0. The maximum atomic E-state index is 10.9. The first-order valence-electron chi connectivity index (χ1n) is 7.73. The van der Waals surface area contributed by atoms with Crippen molar-refractivity contribution in [1.29, 1.82) is 0 Å². The van der Waals surface area contributed by atoms with Crippen LogP contribution in [0.1, 0.15) is 40.2 Å². The van der Waals surface area contributed by atoms with E-state index in [4.69, 9.17) is 0 Å². The van der Waals surface area contributed by atoms with E-state index < -0.39 is 6.10 Å². The minimum atomic E-state index is -0.455. The van der Waals surface area contributed by atoms with Gasteiger partial charge in [-0.25, -0.2) is 0 Å². The summed E-state index contributed by atoms with van der Waals surface area (Å²) in [5, 5.41) is 10.9. The third-order valence-corrected chi connectivity index (χ3v) is 4.69. The number of hydrogen-bond donors (Lipinski definition) is 1. The van der Waals surface area contributed by atoms with E-state index in [-0.39, 0.29) is 11.8 Å². The van der Waals surface area contributed by atoms with Crippen LogP contribution in [0.4, 0.5) is 0 Å². The fourth-order valence-electron chi connectivity index (χ4n) is 3.73. The van der Waals surface area contributed by atoms with Gasteiger partial charge < -0.3 is 5.11 Å². The SMILES string of the molecule is O[C@H]1c2ccccc2[C@@H](c2ccccc2)[C@H]1c1ccccc1. The van der Waals surface area contributed by atoms with Gasteiger partial charge in [-0.2, -0.15) is 0 Å². The molecule has 0 amide bonds. The van der Waals surface area contributed by atoms with Gasteiger partial charge in [-0.05, 0) is 22.3 Å². The van der Waals surface area contributed by atoms with Gasteiger partial charge in [0, 0.05) is 11.8 Å². The maximum absolute atomic E-state index is 10.9. The van der Waals surface area contributed by atoms with Gasteiger partial charge in [0.1, 0.15) is 0 Å². The van der Waals surface area contributed by atoms with E-state index in [0.717, 1.165) is 5.56 Å². The molecule has 108 valence electrons. The van der Waals surface area contributed by atoms with Crippen molar-refractivity contribution in [2.24, 2.45) is 0 Å². The molecule has 0 bridgehead atoms. The summed E-state index contributed by atoms with van der Waals surface area (Å²) < 4.78 is 0. The Labute approximate surface area is 130 Å². The molecule has 0 radical (unpaired) electrons. The Kier molecular flexibility index (Phi) is 3.28. The van der Waals surface area contributed by atoms with Gasteiger partial charge in [-0.3, -0.25) is 0 Å². The van der Waals surface area contributed by atoms with Crippen LogP contribution in [0.15, 0.2) is 84.9 Å². The molecular formula is C21H18O. The van der Waals surface area contributed by atoms with E-state index in [9.17, 15) is 5.11 Å². The minimum absolute atomic E-state index is 0.0704. The monoisotopic (exact) mass is 286 g/mol. The summed E-state index contributed by atoms with van der Waals surface area (Å²) in [6.45, 7) is 0. The van der Waals surface area contributed by atoms with Crippen molar-refractivity contribution in [1.82, 2.24) is 0 Å². The molecule has 0 unspecified atom stereocenters. The highest BCUT2D eigenvalue weighted by atomic mass is 16.3. The molecule has 4 rings (SSSR count). The lowest BCUT2D eigenvalue weighted by molar-refractivity contribution is 0.153. The summed E-state index contributed by atoms with van der Waals surface area (Å²) in [7, 11) is 0. The molecule has 3 atom stereocenters. The van der Waals surface area contributed by atoms with Crippen molar-refractivity contribution in [3.63, 3.8) is 0 Å². The summed E-state index contributed by atoms with van der Waals surface area (Å²) in [5.41, 5.74) is 4.76. The van der Waals surface area contributed by atoms with Crippen LogP contribution in [-0.2, 0) is 0 Å². The van der Waals surface area contributed by atoms with Crippen LogP contribution >= 0.6 is 0 Å². The molecule has 1 N–H and O–H groups in total. The standard InChI is InChI=1S/C21H18O/c22-21-18-14-8-7-13-17(18)19(15-9-3-1-4-10-15)20(21)16-11-5-2-6-12-16/h1-14,19-22H/t19-,20-,21+/m1/s1. The number of aliphatic hydroxyl groups excluding tert-OH is 1. The summed E-state index contributed by atoms with van der Waals surface area (Å²) in [6, 6.07) is 29.2. The second-order valence-corrected chi connectivity index (χ2v) is 5.90. The fraction of sp³-hybridized carbons (Fsp3) is 0.143. The van der Waals surface area contributed by atoms with Crippen LogP contribution in [0.2, 0.25) is 0 Å². The molecule has 1 aliphatic rings. The molecule has 1 aliphatic carbocycles. The average molecular weight is 286 g/mol. The molecule has 0 aromatic heterocycles. The first-order valence-corrected chi connectivity index (χ1v) is 7.73. The van der Waals surface area contributed by atoms with Gasteiger partial charge in [-0.15, -0.1) is 0 Å². The third-order valence-electron chi connectivity index (χ3n) is 4.69. The van der Waals surface area contributed by atoms with Gasteiger partial charge in [0.2, 0.25) is 0 Å². The van der Waals surface area contributed by atoms with E-state index in [0.29, 0.717) is 0 Å². The zero-order chi connectivity index (χ0) is 14.9. The second-order valence-electron chi connectivity index (χ2n) is 5.90. The van der Waals surface area contributed by atoms with Crippen molar-refractivity contribution >= 4 is 0 Å². The molecule has 1 heteroatoms. The van der Waals surface area contributed by atoms with Gasteiger partial charge in [0.25, 0.3) is 0 Å². The van der Waals surface area contributed by atoms with E-state index in [1.54, 1.807) is 0 Å². The largest absolute Gasteiger partial charge is 0.388 e. The van der Waals surface area contributed by atoms with E-state index in [1.807, 2.05) is 30.3 Å². The molecule has 0 heterocycles. The molecule has 1 nitrogen and oxygen atoms in total. The van der Waals surface area contributed by atoms with Crippen LogP contribution in [0.25, 0.3) is 0 Å². The Morgan fingerprint density at radius 2 is 1.05 bits per heavy atom. The second kappa shape index (κ2) is 5.43. The lowest BCUT2D eigenvalue weighted by Crippen LogP contribution is -2.11. The lowest BCUT2D eigenvalue weighted by atomic mass is 9.81. The molecule has 0 saturated carbocycles. The maximum Gasteiger partial charge on any atom is 0.0870 e. The van der Waals surface area contributed by atoms with E-state index >= 15 is 0 Å². The predicted molar refractivity (Wildman–Crippen MR) is 88.9 cm³/mol. The van der Waals surface area contributed by atoms with Gasteiger partial charge in [0.15, 0.2) is 0 Å². The summed E-state index contributed by atoms with van der Waals surface area (Å²) in [4.78, 5) is 0. The average Bonchev–Trinajstić information content (AvgIpc) is 2.90. The zero-order valence-electron chi connectivity index (χ0n) is 12.3. The molecule has 0 fully saturated rings. The quantitative estimate of drug-likeness (QED) is 0.727. The van der Waals surface area contributed by atoms with E-state index in [1.165, 1.54) is 16.7 Å². The number of hydrogen-bond acceptors (Lipinski definition) is 1. The number of rotatable bonds is 2. The highest BCUT2D eigenvalue weighted by molar-refractivity contribution is 5.49. The molecule has 0 saturated heterocycles. The van der Waals surface area contributed by atoms with Crippen LogP contribution in [-0.4, -0.2) is 5.11 Å². The first kappa shape index (κ1) is 13.3. The third kappa shape index (κ3) is 2.06. The summed E-state index contributed by atoms with van der Waals surface area (Å²) in [6.07, 6.45) is -0.455.